The van der Waals surface area contributed by atoms with Crippen molar-refractivity contribution in [3.63, 3.8) is 0 Å². The Morgan fingerprint density at radius 2 is 1.78 bits per heavy atom. The zero-order valence-corrected chi connectivity index (χ0v) is 17.4. The van der Waals surface area contributed by atoms with E-state index in [1.54, 1.807) is 16.8 Å². The van der Waals surface area contributed by atoms with Gasteiger partial charge in [-0.15, -0.1) is 10.2 Å². The van der Waals surface area contributed by atoms with E-state index in [0.717, 1.165) is 23.2 Å². The minimum atomic E-state index is -0.275. The summed E-state index contributed by atoms with van der Waals surface area (Å²) in [6, 6.07) is 17.3. The number of aryl methyl sites for hydroxylation is 1. The molecule has 0 unspecified atom stereocenters. The maximum atomic E-state index is 13.3. The summed E-state index contributed by atoms with van der Waals surface area (Å²) in [5, 5.41) is 13.5. The van der Waals surface area contributed by atoms with Gasteiger partial charge in [-0.2, -0.15) is 5.10 Å². The normalized spacial score (nSPS) is 13.0. The van der Waals surface area contributed by atoms with Crippen molar-refractivity contribution in [2.24, 2.45) is 0 Å². The lowest BCUT2D eigenvalue weighted by atomic mass is 10.0. The minimum absolute atomic E-state index is 0.250. The molecule has 5 aromatic rings. The van der Waals surface area contributed by atoms with Crippen LogP contribution in [0.25, 0.3) is 33.5 Å². The van der Waals surface area contributed by atoms with E-state index in [1.165, 1.54) is 4.57 Å². The second-order valence-electron chi connectivity index (χ2n) is 7.53. The van der Waals surface area contributed by atoms with Gasteiger partial charge in [0, 0.05) is 12.3 Å². The van der Waals surface area contributed by atoms with Crippen molar-refractivity contribution < 1.29 is 9.47 Å². The molecule has 3 aromatic heterocycles. The third kappa shape index (κ3) is 2.76. The standard InChI is InChI=1S/C24H19N5O3/c1-2-17-21(15-6-4-3-5-7-15)23-26-25-22-18(29(23)27-17)10-11-28(24(22)30)16-8-9-19-20(14-16)32-13-12-31-19/h3-11,14H,2,12-13H2,1H3. The Labute approximate surface area is 182 Å². The summed E-state index contributed by atoms with van der Waals surface area (Å²) in [7, 11) is 0. The van der Waals surface area contributed by atoms with E-state index >= 15 is 0 Å². The molecule has 0 bridgehead atoms. The van der Waals surface area contributed by atoms with Crippen molar-refractivity contribution in [2.75, 3.05) is 13.2 Å². The smallest absolute Gasteiger partial charge is 0.285 e. The molecule has 0 atom stereocenters. The fourth-order valence-corrected chi connectivity index (χ4v) is 4.12. The Bertz CT molecular complexity index is 1540. The van der Waals surface area contributed by atoms with Crippen molar-refractivity contribution in [3.8, 4) is 28.3 Å². The van der Waals surface area contributed by atoms with Crippen LogP contribution >= 0.6 is 0 Å². The van der Waals surface area contributed by atoms with Gasteiger partial charge < -0.3 is 9.47 Å². The predicted octanol–water partition coefficient (Wildman–Crippen LogP) is 3.43. The average Bonchev–Trinajstić information content (AvgIpc) is 3.24. The van der Waals surface area contributed by atoms with Crippen LogP contribution in [0, 0.1) is 0 Å². The van der Waals surface area contributed by atoms with Crippen LogP contribution < -0.4 is 15.0 Å². The van der Waals surface area contributed by atoms with Gasteiger partial charge in [0.2, 0.25) is 0 Å². The van der Waals surface area contributed by atoms with Gasteiger partial charge >= 0.3 is 0 Å². The van der Waals surface area contributed by atoms with E-state index in [-0.39, 0.29) is 11.1 Å². The first-order chi connectivity index (χ1) is 15.7. The van der Waals surface area contributed by atoms with Crippen LogP contribution in [0.4, 0.5) is 0 Å². The third-order valence-electron chi connectivity index (χ3n) is 5.65. The Morgan fingerprint density at radius 1 is 0.969 bits per heavy atom. The lowest BCUT2D eigenvalue weighted by Crippen LogP contribution is -2.21. The molecule has 0 radical (unpaired) electrons. The lowest BCUT2D eigenvalue weighted by Gasteiger charge is -2.19. The fourth-order valence-electron chi connectivity index (χ4n) is 4.12. The van der Waals surface area contributed by atoms with Crippen molar-refractivity contribution in [1.82, 2.24) is 24.4 Å². The molecule has 0 saturated carbocycles. The number of benzene rings is 2. The third-order valence-corrected chi connectivity index (χ3v) is 5.65. The van der Waals surface area contributed by atoms with Gasteiger partial charge in [-0.3, -0.25) is 9.36 Å². The van der Waals surface area contributed by atoms with Gasteiger partial charge in [0.25, 0.3) is 5.56 Å². The predicted molar refractivity (Wildman–Crippen MR) is 120 cm³/mol. The largest absolute Gasteiger partial charge is 0.486 e. The Balaban J connectivity index is 1.55. The first-order valence-corrected chi connectivity index (χ1v) is 10.5. The molecule has 8 nitrogen and oxygen atoms in total. The molecule has 0 aliphatic carbocycles. The summed E-state index contributed by atoms with van der Waals surface area (Å²) in [4.78, 5) is 13.3. The number of ether oxygens (including phenoxy) is 2. The molecule has 0 N–H and O–H groups in total. The first-order valence-electron chi connectivity index (χ1n) is 10.5. The second-order valence-corrected chi connectivity index (χ2v) is 7.53. The molecule has 0 amide bonds. The van der Waals surface area contributed by atoms with Gasteiger partial charge in [-0.05, 0) is 30.2 Å². The zero-order chi connectivity index (χ0) is 21.7. The SMILES string of the molecule is CCc1nn2c(nnc3c(=O)n(-c4ccc5c(c4)OCCO5)ccc32)c1-c1ccccc1. The molecule has 158 valence electrons. The van der Waals surface area contributed by atoms with Crippen LogP contribution in [0.5, 0.6) is 11.5 Å². The van der Waals surface area contributed by atoms with Crippen LogP contribution in [0.15, 0.2) is 65.6 Å². The van der Waals surface area contributed by atoms with E-state index in [9.17, 15) is 4.79 Å². The minimum Gasteiger partial charge on any atom is -0.486 e. The topological polar surface area (TPSA) is 83.5 Å². The molecule has 0 fully saturated rings. The molecule has 8 heteroatoms. The van der Waals surface area contributed by atoms with Gasteiger partial charge in [0.05, 0.1) is 16.9 Å². The van der Waals surface area contributed by atoms with Crippen LogP contribution in [0.2, 0.25) is 0 Å². The highest BCUT2D eigenvalue weighted by molar-refractivity contribution is 5.84. The maximum Gasteiger partial charge on any atom is 0.285 e. The highest BCUT2D eigenvalue weighted by Crippen LogP contribution is 2.32. The van der Waals surface area contributed by atoms with Crippen LogP contribution in [0.1, 0.15) is 12.6 Å². The number of aromatic nitrogens is 5. The number of hydrogen-bond acceptors (Lipinski definition) is 6. The van der Waals surface area contributed by atoms with Gasteiger partial charge in [-0.25, -0.2) is 4.52 Å². The molecule has 1 aliphatic rings. The number of hydrogen-bond donors (Lipinski definition) is 0. The van der Waals surface area contributed by atoms with Crippen molar-refractivity contribution >= 4 is 16.7 Å². The molecule has 4 heterocycles. The number of fused-ring (bicyclic) bond motifs is 4. The van der Waals surface area contributed by atoms with Crippen molar-refractivity contribution in [3.05, 3.63) is 76.8 Å². The van der Waals surface area contributed by atoms with Gasteiger partial charge in [0.15, 0.2) is 22.7 Å². The summed E-state index contributed by atoms with van der Waals surface area (Å²) in [5.41, 5.74) is 4.78. The highest BCUT2D eigenvalue weighted by atomic mass is 16.6. The Morgan fingerprint density at radius 3 is 2.59 bits per heavy atom. The van der Waals surface area contributed by atoms with Gasteiger partial charge in [-0.1, -0.05) is 37.3 Å². The number of rotatable bonds is 3. The molecule has 32 heavy (non-hydrogen) atoms. The number of pyridine rings is 1. The van der Waals surface area contributed by atoms with Crippen LogP contribution in [-0.4, -0.2) is 37.6 Å². The molecular weight excluding hydrogens is 406 g/mol. The van der Waals surface area contributed by atoms with E-state index in [0.29, 0.717) is 41.6 Å². The van der Waals surface area contributed by atoms with Crippen molar-refractivity contribution in [2.45, 2.75) is 13.3 Å². The molecule has 0 spiro atoms. The highest BCUT2D eigenvalue weighted by Gasteiger charge is 2.19. The van der Waals surface area contributed by atoms with Crippen molar-refractivity contribution in [1.29, 1.82) is 0 Å². The zero-order valence-electron chi connectivity index (χ0n) is 17.4. The summed E-state index contributed by atoms with van der Waals surface area (Å²) < 4.78 is 14.5. The molecular formula is C24H19N5O3. The van der Waals surface area contributed by atoms with E-state index in [4.69, 9.17) is 14.6 Å². The van der Waals surface area contributed by atoms with Crippen LogP contribution in [0.3, 0.4) is 0 Å². The quantitative estimate of drug-likeness (QED) is 0.440. The van der Waals surface area contributed by atoms with E-state index < -0.39 is 0 Å². The maximum absolute atomic E-state index is 13.3. The van der Waals surface area contributed by atoms with E-state index in [1.807, 2.05) is 48.5 Å². The number of nitrogens with zero attached hydrogens (tertiary/aromatic N) is 5. The summed E-state index contributed by atoms with van der Waals surface area (Å²) in [5.74, 6) is 1.29. The molecule has 0 saturated heterocycles. The second kappa shape index (κ2) is 7.19. The molecule has 1 aliphatic heterocycles. The summed E-state index contributed by atoms with van der Waals surface area (Å²) in [6.07, 6.45) is 2.47. The average molecular weight is 425 g/mol. The first kappa shape index (κ1) is 18.6. The summed E-state index contributed by atoms with van der Waals surface area (Å²) >= 11 is 0. The Hall–Kier alpha value is -4.20. The van der Waals surface area contributed by atoms with Crippen LogP contribution in [-0.2, 0) is 6.42 Å². The molecule has 2 aromatic carbocycles. The fraction of sp³-hybridized carbons (Fsp3) is 0.167. The molecule has 6 rings (SSSR count). The van der Waals surface area contributed by atoms with Gasteiger partial charge in [0.1, 0.15) is 18.7 Å². The Kier molecular flexibility index (Phi) is 4.17. The monoisotopic (exact) mass is 425 g/mol. The summed E-state index contributed by atoms with van der Waals surface area (Å²) in [6.45, 7) is 3.05. The van der Waals surface area contributed by atoms with E-state index in [2.05, 4.69) is 17.1 Å². The lowest BCUT2D eigenvalue weighted by molar-refractivity contribution is 0.171.